The molecule has 1 atom stereocenters. The van der Waals surface area contributed by atoms with Gasteiger partial charge in [-0.1, -0.05) is 25.3 Å². The third-order valence-electron chi connectivity index (χ3n) is 2.78. The van der Waals surface area contributed by atoms with Crippen LogP contribution < -0.4 is 5.32 Å². The van der Waals surface area contributed by atoms with Crippen molar-refractivity contribution < 1.29 is 0 Å². The molecule has 0 aromatic carbocycles. The Kier molecular flexibility index (Phi) is 4.09. The summed E-state index contributed by atoms with van der Waals surface area (Å²) in [5, 5.41) is 7.67. The van der Waals surface area contributed by atoms with Crippen LogP contribution in [0.15, 0.2) is 11.7 Å². The molecule has 0 aliphatic carbocycles. The summed E-state index contributed by atoms with van der Waals surface area (Å²) in [6.45, 7) is 6.52. The van der Waals surface area contributed by atoms with Crippen LogP contribution in [0.2, 0.25) is 0 Å². The van der Waals surface area contributed by atoms with Gasteiger partial charge in [0.05, 0.1) is 16.1 Å². The Bertz CT molecular complexity index is 484. The fourth-order valence-electron chi connectivity index (χ4n) is 1.82. The lowest BCUT2D eigenvalue weighted by Crippen LogP contribution is -2.22. The van der Waals surface area contributed by atoms with Gasteiger partial charge in [0.2, 0.25) is 0 Å². The van der Waals surface area contributed by atoms with E-state index in [1.165, 1.54) is 21.3 Å². The van der Waals surface area contributed by atoms with Crippen LogP contribution in [0.3, 0.4) is 0 Å². The lowest BCUT2D eigenvalue weighted by Gasteiger charge is -2.21. The summed E-state index contributed by atoms with van der Waals surface area (Å²) in [7, 11) is 1.98. The Morgan fingerprint density at radius 3 is 2.72 bits per heavy atom. The van der Waals surface area contributed by atoms with E-state index in [9.17, 15) is 0 Å². The first-order chi connectivity index (χ1) is 8.52. The van der Waals surface area contributed by atoms with Gasteiger partial charge in [-0.2, -0.15) is 0 Å². The fraction of sp³-hybridized carbons (Fsp3) is 0.583. The highest BCUT2D eigenvalue weighted by Gasteiger charge is 2.26. The molecule has 2 rings (SSSR count). The standard InChI is InChI=1S/C12H18N4S2/c1-12(2,3)11-10(18-16-15-11)9(13-4)5-8-6-14-7-17-8/h6-7,9,13H,5H2,1-4H3. The molecule has 0 saturated heterocycles. The summed E-state index contributed by atoms with van der Waals surface area (Å²) in [5.74, 6) is 0. The first-order valence-corrected chi connectivity index (χ1v) is 7.55. The molecular formula is C12H18N4S2. The zero-order valence-electron chi connectivity index (χ0n) is 11.1. The molecule has 2 heterocycles. The van der Waals surface area contributed by atoms with Crippen LogP contribution in [-0.2, 0) is 11.8 Å². The summed E-state index contributed by atoms with van der Waals surface area (Å²) >= 11 is 3.18. The zero-order chi connectivity index (χ0) is 13.2. The minimum Gasteiger partial charge on any atom is -0.312 e. The predicted octanol–water partition coefficient (Wildman–Crippen LogP) is 2.80. The van der Waals surface area contributed by atoms with Crippen molar-refractivity contribution in [3.8, 4) is 0 Å². The quantitative estimate of drug-likeness (QED) is 0.937. The minimum atomic E-state index is 0.0329. The zero-order valence-corrected chi connectivity index (χ0v) is 12.7. The summed E-state index contributed by atoms with van der Waals surface area (Å²) in [5.41, 5.74) is 3.00. The maximum Gasteiger partial charge on any atom is 0.0857 e. The van der Waals surface area contributed by atoms with E-state index in [1.54, 1.807) is 11.3 Å². The number of nitrogens with one attached hydrogen (secondary N) is 1. The Morgan fingerprint density at radius 2 is 2.17 bits per heavy atom. The van der Waals surface area contributed by atoms with Gasteiger partial charge in [-0.3, -0.25) is 4.98 Å². The largest absolute Gasteiger partial charge is 0.312 e. The van der Waals surface area contributed by atoms with Crippen molar-refractivity contribution in [2.75, 3.05) is 7.05 Å². The number of likely N-dealkylation sites (N-methyl/N-ethyl adjacent to an activating group) is 1. The van der Waals surface area contributed by atoms with E-state index in [0.717, 1.165) is 12.1 Å². The summed E-state index contributed by atoms with van der Waals surface area (Å²) in [4.78, 5) is 6.64. The molecule has 4 nitrogen and oxygen atoms in total. The average molecular weight is 282 g/mol. The molecule has 0 spiro atoms. The molecule has 0 aliphatic heterocycles. The van der Waals surface area contributed by atoms with E-state index in [2.05, 4.69) is 40.7 Å². The van der Waals surface area contributed by atoms with Gasteiger partial charge in [0.25, 0.3) is 0 Å². The Morgan fingerprint density at radius 1 is 1.39 bits per heavy atom. The molecule has 98 valence electrons. The van der Waals surface area contributed by atoms with Crippen molar-refractivity contribution in [1.82, 2.24) is 19.9 Å². The fourth-order valence-corrected chi connectivity index (χ4v) is 3.43. The van der Waals surface area contributed by atoms with Gasteiger partial charge in [-0.25, -0.2) is 0 Å². The monoisotopic (exact) mass is 282 g/mol. The van der Waals surface area contributed by atoms with Crippen molar-refractivity contribution in [1.29, 1.82) is 0 Å². The second-order valence-electron chi connectivity index (χ2n) is 5.25. The topological polar surface area (TPSA) is 50.7 Å². The van der Waals surface area contributed by atoms with Crippen LogP contribution in [-0.4, -0.2) is 21.6 Å². The third-order valence-corrected chi connectivity index (χ3v) is 4.42. The van der Waals surface area contributed by atoms with Gasteiger partial charge < -0.3 is 5.32 Å². The Balaban J connectivity index is 2.25. The number of hydrogen-bond acceptors (Lipinski definition) is 6. The van der Waals surface area contributed by atoms with E-state index >= 15 is 0 Å². The van der Waals surface area contributed by atoms with Crippen LogP contribution >= 0.6 is 22.9 Å². The number of aromatic nitrogens is 3. The van der Waals surface area contributed by atoms with Gasteiger partial charge in [-0.15, -0.1) is 16.4 Å². The smallest absolute Gasteiger partial charge is 0.0857 e. The van der Waals surface area contributed by atoms with E-state index in [1.807, 2.05) is 18.8 Å². The predicted molar refractivity (Wildman–Crippen MR) is 76.2 cm³/mol. The van der Waals surface area contributed by atoms with Crippen molar-refractivity contribution in [3.05, 3.63) is 27.2 Å². The molecule has 18 heavy (non-hydrogen) atoms. The van der Waals surface area contributed by atoms with Crippen LogP contribution in [0.4, 0.5) is 0 Å². The summed E-state index contributed by atoms with van der Waals surface area (Å²) in [6.07, 6.45) is 2.87. The molecule has 0 bridgehead atoms. The van der Waals surface area contributed by atoms with Gasteiger partial charge in [0, 0.05) is 29.0 Å². The van der Waals surface area contributed by atoms with Crippen LogP contribution in [0.5, 0.6) is 0 Å². The van der Waals surface area contributed by atoms with E-state index < -0.39 is 0 Å². The molecule has 6 heteroatoms. The maximum absolute atomic E-state index is 4.30. The molecule has 0 radical (unpaired) electrons. The SMILES string of the molecule is CNC(Cc1cncs1)c1snnc1C(C)(C)C. The highest BCUT2D eigenvalue weighted by atomic mass is 32.1. The molecular weight excluding hydrogens is 264 g/mol. The number of hydrogen-bond donors (Lipinski definition) is 1. The molecule has 0 aliphatic rings. The van der Waals surface area contributed by atoms with Crippen molar-refractivity contribution >= 4 is 22.9 Å². The lowest BCUT2D eigenvalue weighted by atomic mass is 9.89. The van der Waals surface area contributed by atoms with Crippen LogP contribution in [0.1, 0.15) is 42.3 Å². The molecule has 0 amide bonds. The van der Waals surface area contributed by atoms with Crippen molar-refractivity contribution in [2.45, 2.75) is 38.6 Å². The lowest BCUT2D eigenvalue weighted by molar-refractivity contribution is 0.532. The van der Waals surface area contributed by atoms with Gasteiger partial charge >= 0.3 is 0 Å². The molecule has 2 aromatic heterocycles. The normalized spacial score (nSPS) is 13.8. The molecule has 1 unspecified atom stereocenters. The van der Waals surface area contributed by atoms with Crippen molar-refractivity contribution in [3.63, 3.8) is 0 Å². The molecule has 2 aromatic rings. The van der Waals surface area contributed by atoms with Crippen LogP contribution in [0.25, 0.3) is 0 Å². The van der Waals surface area contributed by atoms with E-state index in [-0.39, 0.29) is 11.5 Å². The van der Waals surface area contributed by atoms with E-state index in [0.29, 0.717) is 0 Å². The van der Waals surface area contributed by atoms with Gasteiger partial charge in [0.1, 0.15) is 0 Å². The Labute approximate surface area is 116 Å². The first kappa shape index (κ1) is 13.6. The maximum atomic E-state index is 4.30. The van der Waals surface area contributed by atoms with Gasteiger partial charge in [0.15, 0.2) is 0 Å². The highest BCUT2D eigenvalue weighted by molar-refractivity contribution is 7.09. The Hall–Kier alpha value is -0.850. The van der Waals surface area contributed by atoms with E-state index in [4.69, 9.17) is 0 Å². The summed E-state index contributed by atoms with van der Waals surface area (Å²) < 4.78 is 4.13. The van der Waals surface area contributed by atoms with Crippen molar-refractivity contribution in [2.24, 2.45) is 0 Å². The first-order valence-electron chi connectivity index (χ1n) is 5.89. The minimum absolute atomic E-state index is 0.0329. The number of nitrogens with zero attached hydrogens (tertiary/aromatic N) is 3. The molecule has 0 fully saturated rings. The third kappa shape index (κ3) is 2.93. The molecule has 1 N–H and O–H groups in total. The molecule has 0 saturated carbocycles. The van der Waals surface area contributed by atoms with Gasteiger partial charge in [-0.05, 0) is 18.6 Å². The number of thiazole rings is 1. The second-order valence-corrected chi connectivity index (χ2v) is 7.01. The second kappa shape index (κ2) is 5.42. The average Bonchev–Trinajstić information content (AvgIpc) is 2.95. The highest BCUT2D eigenvalue weighted by Crippen LogP contribution is 2.32. The summed E-state index contributed by atoms with van der Waals surface area (Å²) in [6, 6.07) is 0.264. The van der Waals surface area contributed by atoms with Crippen LogP contribution in [0, 0.1) is 0 Å². The number of rotatable bonds is 4.